The van der Waals surface area contributed by atoms with Gasteiger partial charge in [-0.3, -0.25) is 0 Å². The van der Waals surface area contributed by atoms with Crippen molar-refractivity contribution in [3.8, 4) is 0 Å². The van der Waals surface area contributed by atoms with E-state index in [4.69, 9.17) is 9.47 Å². The molecule has 3 aliphatic rings. The topological polar surface area (TPSA) is 38.8 Å². The van der Waals surface area contributed by atoms with E-state index in [0.29, 0.717) is 6.61 Å². The van der Waals surface area contributed by atoms with Gasteiger partial charge in [-0.05, 0) is 63.5 Å². The molecule has 0 bridgehead atoms. The third kappa shape index (κ3) is 1.71. The van der Waals surface area contributed by atoms with E-state index in [1.54, 1.807) is 0 Å². The van der Waals surface area contributed by atoms with Crippen LogP contribution in [0.5, 0.6) is 0 Å². The molecule has 0 radical (unpaired) electrons. The summed E-state index contributed by atoms with van der Waals surface area (Å²) in [6.45, 7) is 4.14. The summed E-state index contributed by atoms with van der Waals surface area (Å²) in [7, 11) is 0. The highest BCUT2D eigenvalue weighted by atomic mass is 16.7. The van der Waals surface area contributed by atoms with Crippen LogP contribution in [0.15, 0.2) is 23.3 Å². The van der Waals surface area contributed by atoms with Gasteiger partial charge in [-0.25, -0.2) is 4.79 Å². The fraction of sp³-hybridized carbons (Fsp3) is 0.688. The Hall–Kier alpha value is -1.09. The molecule has 1 aliphatic heterocycles. The van der Waals surface area contributed by atoms with Crippen molar-refractivity contribution in [2.75, 3.05) is 6.61 Å². The van der Waals surface area contributed by atoms with Crippen LogP contribution in [0.1, 0.15) is 52.4 Å². The van der Waals surface area contributed by atoms with Gasteiger partial charge in [0.1, 0.15) is 0 Å². The molecule has 1 fully saturated rings. The van der Waals surface area contributed by atoms with Gasteiger partial charge in [0.25, 0.3) is 0 Å². The zero-order valence-corrected chi connectivity index (χ0v) is 11.8. The first-order valence-corrected chi connectivity index (χ1v) is 7.41. The van der Waals surface area contributed by atoms with E-state index in [0.717, 1.165) is 25.7 Å². The molecule has 2 aliphatic carbocycles. The lowest BCUT2D eigenvalue weighted by atomic mass is 9.80. The number of carbonyl (C=O) groups excluding carboxylic acids is 1. The molecule has 3 rings (SSSR count). The van der Waals surface area contributed by atoms with E-state index in [9.17, 15) is 4.79 Å². The van der Waals surface area contributed by atoms with Crippen LogP contribution in [0.4, 0.5) is 0 Å². The summed E-state index contributed by atoms with van der Waals surface area (Å²) in [5, 5.41) is 0. The number of ether oxygens (including phenoxy) is 2. The number of carbonyl (C=O) groups is 1. The number of hydrogen-bond donors (Lipinski definition) is 0. The molecular weight excluding hydrogens is 240 g/mol. The molecule has 1 saturated heterocycles. The third-order valence-corrected chi connectivity index (χ3v) is 4.64. The lowest BCUT2D eigenvalue weighted by molar-refractivity contribution is -0.148. The predicted molar refractivity (Wildman–Crippen MR) is 72.7 cm³/mol. The molecule has 0 saturated carbocycles. The molecule has 0 amide bonds. The van der Waals surface area contributed by atoms with Crippen LogP contribution in [0.3, 0.4) is 0 Å². The summed E-state index contributed by atoms with van der Waals surface area (Å²) in [6.07, 6.45) is 11.2. The minimum Gasteiger partial charge on any atom is -0.464 e. The third-order valence-electron chi connectivity index (χ3n) is 4.64. The van der Waals surface area contributed by atoms with Crippen molar-refractivity contribution in [1.82, 2.24) is 0 Å². The average Bonchev–Trinajstić information content (AvgIpc) is 2.94. The average molecular weight is 262 g/mol. The van der Waals surface area contributed by atoms with Crippen molar-refractivity contribution in [1.29, 1.82) is 0 Å². The maximum absolute atomic E-state index is 12.3. The van der Waals surface area contributed by atoms with Crippen molar-refractivity contribution < 1.29 is 14.3 Å². The summed E-state index contributed by atoms with van der Waals surface area (Å²) in [5.74, 6) is -0.212. The van der Waals surface area contributed by atoms with Crippen LogP contribution >= 0.6 is 0 Å². The molecule has 19 heavy (non-hydrogen) atoms. The van der Waals surface area contributed by atoms with Crippen LogP contribution in [0, 0.1) is 0 Å². The Morgan fingerprint density at radius 1 is 1.26 bits per heavy atom. The van der Waals surface area contributed by atoms with Crippen molar-refractivity contribution in [2.24, 2.45) is 0 Å². The van der Waals surface area contributed by atoms with Crippen LogP contribution in [-0.4, -0.2) is 23.8 Å². The van der Waals surface area contributed by atoms with E-state index in [2.05, 4.69) is 12.2 Å². The molecule has 1 atom stereocenters. The van der Waals surface area contributed by atoms with Gasteiger partial charge in [0.15, 0.2) is 5.60 Å². The molecule has 3 nitrogen and oxygen atoms in total. The Morgan fingerprint density at radius 3 is 2.26 bits per heavy atom. The van der Waals surface area contributed by atoms with Gasteiger partial charge in [-0.2, -0.15) is 0 Å². The van der Waals surface area contributed by atoms with Crippen LogP contribution in [0.25, 0.3) is 0 Å². The summed E-state index contributed by atoms with van der Waals surface area (Å²) >= 11 is 0. The van der Waals surface area contributed by atoms with Gasteiger partial charge in [0.2, 0.25) is 5.60 Å². The number of hydrogen-bond acceptors (Lipinski definition) is 3. The zero-order chi connectivity index (χ0) is 13.5. The first-order valence-electron chi connectivity index (χ1n) is 7.41. The Labute approximate surface area is 114 Å². The van der Waals surface area contributed by atoms with Crippen molar-refractivity contribution >= 4 is 5.97 Å². The molecule has 104 valence electrons. The van der Waals surface area contributed by atoms with Crippen LogP contribution < -0.4 is 0 Å². The lowest BCUT2D eigenvalue weighted by Crippen LogP contribution is -2.35. The number of epoxide rings is 1. The number of esters is 1. The molecule has 1 unspecified atom stereocenters. The SMILES string of the molecule is CCOC(=O)C1(C)OC1(C1=CCCC1)C1=CCCC1. The molecule has 0 aromatic heterocycles. The maximum atomic E-state index is 12.3. The standard InChI is InChI=1S/C16H22O3/c1-3-18-14(17)15(2)16(19-15,12-8-4-5-9-12)13-10-6-7-11-13/h8,10H,3-7,9,11H2,1-2H3. The van der Waals surface area contributed by atoms with Gasteiger partial charge < -0.3 is 9.47 Å². The Balaban J connectivity index is 1.94. The van der Waals surface area contributed by atoms with E-state index in [1.165, 1.54) is 24.0 Å². The van der Waals surface area contributed by atoms with E-state index < -0.39 is 11.2 Å². The van der Waals surface area contributed by atoms with E-state index in [1.807, 2.05) is 13.8 Å². The fourth-order valence-corrected chi connectivity index (χ4v) is 3.67. The maximum Gasteiger partial charge on any atom is 0.341 e. The Morgan fingerprint density at radius 2 is 1.84 bits per heavy atom. The molecule has 0 aromatic carbocycles. The molecule has 0 spiro atoms. The minimum atomic E-state index is -0.796. The molecule has 0 N–H and O–H groups in total. The zero-order valence-electron chi connectivity index (χ0n) is 11.8. The fourth-order valence-electron chi connectivity index (χ4n) is 3.67. The van der Waals surface area contributed by atoms with Gasteiger partial charge >= 0.3 is 5.97 Å². The first-order chi connectivity index (χ1) is 9.15. The second-order valence-corrected chi connectivity index (χ2v) is 5.78. The quantitative estimate of drug-likeness (QED) is 0.443. The first kappa shape index (κ1) is 12.9. The highest BCUT2D eigenvalue weighted by molar-refractivity contribution is 5.87. The number of rotatable bonds is 4. The van der Waals surface area contributed by atoms with Crippen molar-refractivity contribution in [3.05, 3.63) is 23.3 Å². The van der Waals surface area contributed by atoms with Gasteiger partial charge in [-0.1, -0.05) is 12.2 Å². The Bertz CT molecular complexity index is 437. The summed E-state index contributed by atoms with van der Waals surface area (Å²) in [4.78, 5) is 12.3. The summed E-state index contributed by atoms with van der Waals surface area (Å²) in [6, 6.07) is 0. The molecule has 1 heterocycles. The predicted octanol–water partition coefficient (Wildman–Crippen LogP) is 3.30. The normalized spacial score (nSPS) is 31.9. The van der Waals surface area contributed by atoms with Gasteiger partial charge in [0.05, 0.1) is 6.61 Å². The van der Waals surface area contributed by atoms with E-state index >= 15 is 0 Å². The molecule has 0 aromatic rings. The highest BCUT2D eigenvalue weighted by Gasteiger charge is 2.75. The monoisotopic (exact) mass is 262 g/mol. The highest BCUT2D eigenvalue weighted by Crippen LogP contribution is 2.61. The largest absolute Gasteiger partial charge is 0.464 e. The lowest BCUT2D eigenvalue weighted by Gasteiger charge is -2.19. The van der Waals surface area contributed by atoms with Crippen LogP contribution in [0.2, 0.25) is 0 Å². The van der Waals surface area contributed by atoms with Gasteiger partial charge in [-0.15, -0.1) is 0 Å². The Kier molecular flexibility index (Phi) is 3.05. The van der Waals surface area contributed by atoms with E-state index in [-0.39, 0.29) is 5.97 Å². The van der Waals surface area contributed by atoms with Crippen molar-refractivity contribution in [2.45, 2.75) is 63.6 Å². The second kappa shape index (κ2) is 4.48. The number of allylic oxidation sites excluding steroid dienone is 2. The minimum absolute atomic E-state index is 0.212. The second-order valence-electron chi connectivity index (χ2n) is 5.78. The summed E-state index contributed by atoms with van der Waals surface area (Å²) < 4.78 is 11.3. The summed E-state index contributed by atoms with van der Waals surface area (Å²) in [5.41, 5.74) is 1.34. The van der Waals surface area contributed by atoms with Crippen LogP contribution in [-0.2, 0) is 14.3 Å². The molecule has 3 heteroatoms. The smallest absolute Gasteiger partial charge is 0.341 e. The molecular formula is C16H22O3. The van der Waals surface area contributed by atoms with Crippen molar-refractivity contribution in [3.63, 3.8) is 0 Å². The van der Waals surface area contributed by atoms with Gasteiger partial charge in [0, 0.05) is 0 Å².